The van der Waals surface area contributed by atoms with Gasteiger partial charge in [-0.1, -0.05) is 6.92 Å². The highest BCUT2D eigenvalue weighted by Crippen LogP contribution is 2.32. The van der Waals surface area contributed by atoms with Gasteiger partial charge in [-0.15, -0.1) is 22.9 Å². The van der Waals surface area contributed by atoms with E-state index < -0.39 is 0 Å². The Hall–Kier alpha value is 0.420. The smallest absolute Gasteiger partial charge is 0.261 e. The third-order valence-electron chi connectivity index (χ3n) is 2.71. The van der Waals surface area contributed by atoms with Crippen LogP contribution in [0.1, 0.15) is 36.4 Å². The van der Waals surface area contributed by atoms with E-state index in [9.17, 15) is 4.79 Å². The number of amides is 1. The minimum Gasteiger partial charge on any atom is -0.346 e. The van der Waals surface area contributed by atoms with E-state index in [0.29, 0.717) is 10.8 Å². The Labute approximate surface area is 127 Å². The van der Waals surface area contributed by atoms with Crippen molar-refractivity contribution in [2.75, 3.05) is 5.88 Å². The van der Waals surface area contributed by atoms with Gasteiger partial charge in [0.2, 0.25) is 0 Å². The van der Waals surface area contributed by atoms with E-state index >= 15 is 0 Å². The number of thiophene rings is 1. The van der Waals surface area contributed by atoms with Crippen LogP contribution in [-0.4, -0.2) is 17.3 Å². The summed E-state index contributed by atoms with van der Waals surface area (Å²) in [5.74, 6) is 0.499. The Balaban J connectivity index is 2.77. The molecule has 1 rings (SSSR count). The van der Waals surface area contributed by atoms with E-state index in [0.717, 1.165) is 21.1 Å². The van der Waals surface area contributed by atoms with E-state index in [2.05, 4.69) is 37.2 Å². The van der Waals surface area contributed by atoms with Crippen LogP contribution in [0.5, 0.6) is 0 Å². The fraction of sp³-hybridized carbons (Fsp3) is 0.545. The van der Waals surface area contributed by atoms with Crippen LogP contribution in [0.25, 0.3) is 0 Å². The van der Waals surface area contributed by atoms with Crippen LogP contribution in [0, 0.1) is 0 Å². The molecule has 1 aromatic heterocycles. The maximum atomic E-state index is 12.1. The largest absolute Gasteiger partial charge is 0.346 e. The molecule has 0 radical (unpaired) electrons. The van der Waals surface area contributed by atoms with Crippen LogP contribution in [0.2, 0.25) is 0 Å². The summed E-state index contributed by atoms with van der Waals surface area (Å²) in [5.41, 5.74) is -0.234. The van der Waals surface area contributed by atoms with Crippen molar-refractivity contribution in [3.8, 4) is 0 Å². The number of carbonyl (C=O) groups is 1. The molecular formula is C11H14Br2ClNOS. The summed E-state index contributed by atoms with van der Waals surface area (Å²) in [4.78, 5) is 12.8. The molecule has 96 valence electrons. The van der Waals surface area contributed by atoms with Crippen LogP contribution in [0.15, 0.2) is 14.3 Å². The Morgan fingerprint density at radius 1 is 1.59 bits per heavy atom. The second-order valence-electron chi connectivity index (χ2n) is 4.04. The van der Waals surface area contributed by atoms with Gasteiger partial charge < -0.3 is 5.32 Å². The van der Waals surface area contributed by atoms with Gasteiger partial charge in [0.25, 0.3) is 5.91 Å². The summed E-state index contributed by atoms with van der Waals surface area (Å²) >= 11 is 13.9. The van der Waals surface area contributed by atoms with Gasteiger partial charge >= 0.3 is 0 Å². The molecule has 0 fully saturated rings. The average molecular weight is 404 g/mol. The van der Waals surface area contributed by atoms with Gasteiger partial charge in [-0.05, 0) is 57.7 Å². The van der Waals surface area contributed by atoms with Crippen LogP contribution in [-0.2, 0) is 0 Å². The van der Waals surface area contributed by atoms with Crippen LogP contribution in [0.4, 0.5) is 0 Å². The number of hydrogen-bond acceptors (Lipinski definition) is 2. The van der Waals surface area contributed by atoms with Gasteiger partial charge in [0.05, 0.1) is 8.66 Å². The summed E-state index contributed by atoms with van der Waals surface area (Å²) in [5, 5.41) is 3.05. The first-order chi connectivity index (χ1) is 7.91. The second-order valence-corrected chi connectivity index (χ2v) is 7.64. The first-order valence-corrected chi connectivity index (χ1v) is 8.19. The molecule has 2 nitrogen and oxygen atoms in total. The molecular weight excluding hydrogens is 389 g/mol. The number of nitrogens with one attached hydrogen (secondary N) is 1. The second kappa shape index (κ2) is 6.55. The normalized spacial score (nSPS) is 14.4. The van der Waals surface area contributed by atoms with Crippen molar-refractivity contribution in [3.63, 3.8) is 0 Å². The molecule has 1 aromatic rings. The van der Waals surface area contributed by atoms with Crippen LogP contribution < -0.4 is 5.32 Å². The zero-order valence-corrected chi connectivity index (χ0v) is 14.4. The first kappa shape index (κ1) is 15.5. The van der Waals surface area contributed by atoms with Crippen molar-refractivity contribution in [2.24, 2.45) is 0 Å². The Bertz CT molecular complexity index is 391. The quantitative estimate of drug-likeness (QED) is 0.703. The van der Waals surface area contributed by atoms with Gasteiger partial charge in [-0.2, -0.15) is 0 Å². The maximum absolute atomic E-state index is 12.1. The maximum Gasteiger partial charge on any atom is 0.261 e. The molecule has 0 saturated carbocycles. The molecule has 0 spiro atoms. The molecule has 1 amide bonds. The number of hydrogen-bond donors (Lipinski definition) is 1. The third kappa shape index (κ3) is 4.23. The Kier molecular flexibility index (Phi) is 5.96. The minimum absolute atomic E-state index is 0.0455. The topological polar surface area (TPSA) is 29.1 Å². The minimum atomic E-state index is -0.234. The average Bonchev–Trinajstić information content (AvgIpc) is 2.60. The van der Waals surface area contributed by atoms with Crippen molar-refractivity contribution in [3.05, 3.63) is 19.2 Å². The lowest BCUT2D eigenvalue weighted by molar-refractivity contribution is 0.0906. The molecule has 1 atom stereocenters. The van der Waals surface area contributed by atoms with Crippen molar-refractivity contribution in [1.29, 1.82) is 0 Å². The predicted octanol–water partition coefficient (Wildman–Crippen LogP) is 4.80. The molecule has 1 N–H and O–H groups in total. The van der Waals surface area contributed by atoms with Gasteiger partial charge in [0, 0.05) is 15.9 Å². The van der Waals surface area contributed by atoms with Gasteiger partial charge in [-0.3, -0.25) is 4.79 Å². The van der Waals surface area contributed by atoms with E-state index in [1.165, 1.54) is 11.3 Å². The zero-order chi connectivity index (χ0) is 13.1. The molecule has 6 heteroatoms. The summed E-state index contributed by atoms with van der Waals surface area (Å²) in [7, 11) is 0. The van der Waals surface area contributed by atoms with E-state index in [1.807, 2.05) is 19.9 Å². The van der Waals surface area contributed by atoms with E-state index in [1.54, 1.807) is 0 Å². The lowest BCUT2D eigenvalue weighted by Gasteiger charge is -2.28. The molecule has 0 saturated heterocycles. The van der Waals surface area contributed by atoms with Gasteiger partial charge in [0.1, 0.15) is 0 Å². The number of halogens is 3. The SMILES string of the molecule is CCC(C)(CCCl)NC(=O)c1cc(Br)c(Br)s1. The molecule has 0 aliphatic rings. The summed E-state index contributed by atoms with van der Waals surface area (Å²) in [6.45, 7) is 4.07. The molecule has 0 aliphatic carbocycles. The van der Waals surface area contributed by atoms with E-state index in [-0.39, 0.29) is 11.4 Å². The van der Waals surface area contributed by atoms with Crippen molar-refractivity contribution >= 4 is 60.7 Å². The van der Waals surface area contributed by atoms with Crippen molar-refractivity contribution in [1.82, 2.24) is 5.32 Å². The molecule has 17 heavy (non-hydrogen) atoms. The highest BCUT2D eigenvalue weighted by molar-refractivity contribution is 9.13. The highest BCUT2D eigenvalue weighted by atomic mass is 79.9. The Morgan fingerprint density at radius 3 is 2.65 bits per heavy atom. The summed E-state index contributed by atoms with van der Waals surface area (Å²) in [6, 6.07) is 1.82. The molecule has 0 aliphatic heterocycles. The first-order valence-electron chi connectivity index (χ1n) is 5.25. The summed E-state index contributed by atoms with van der Waals surface area (Å²) in [6.07, 6.45) is 1.63. The van der Waals surface area contributed by atoms with Gasteiger partial charge in [-0.25, -0.2) is 0 Å². The standard InChI is InChI=1S/C11H14Br2ClNOS/c1-3-11(2,4-5-14)15-10(16)8-6-7(12)9(13)17-8/h6H,3-5H2,1-2H3,(H,15,16). The fourth-order valence-electron chi connectivity index (χ4n) is 1.33. The molecule has 0 bridgehead atoms. The van der Waals surface area contributed by atoms with Gasteiger partial charge in [0.15, 0.2) is 0 Å². The monoisotopic (exact) mass is 401 g/mol. The lowest BCUT2D eigenvalue weighted by atomic mass is 9.95. The van der Waals surface area contributed by atoms with Crippen LogP contribution in [0.3, 0.4) is 0 Å². The molecule has 0 aromatic carbocycles. The Morgan fingerprint density at radius 2 is 2.24 bits per heavy atom. The van der Waals surface area contributed by atoms with Crippen molar-refractivity contribution in [2.45, 2.75) is 32.2 Å². The third-order valence-corrected chi connectivity index (χ3v) is 6.15. The zero-order valence-electron chi connectivity index (χ0n) is 9.65. The van der Waals surface area contributed by atoms with E-state index in [4.69, 9.17) is 11.6 Å². The van der Waals surface area contributed by atoms with Crippen molar-refractivity contribution < 1.29 is 4.79 Å². The molecule has 1 heterocycles. The number of rotatable bonds is 5. The highest BCUT2D eigenvalue weighted by Gasteiger charge is 2.25. The number of carbonyl (C=O) groups excluding carboxylic acids is 1. The van der Waals surface area contributed by atoms with Crippen LogP contribution >= 0.6 is 54.8 Å². The molecule has 1 unspecified atom stereocenters. The summed E-state index contributed by atoms with van der Waals surface area (Å²) < 4.78 is 1.83. The predicted molar refractivity (Wildman–Crippen MR) is 81.2 cm³/mol. The fourth-order valence-corrected chi connectivity index (χ4v) is 3.68. The lowest BCUT2D eigenvalue weighted by Crippen LogP contribution is -2.45. The number of alkyl halides is 1.